The quantitative estimate of drug-likeness (QED) is 0.928. The molecule has 1 amide bonds. The second-order valence-corrected chi connectivity index (χ2v) is 5.06. The van der Waals surface area contributed by atoms with Crippen LogP contribution in [-0.4, -0.2) is 18.1 Å². The molecule has 1 saturated carbocycles. The summed E-state index contributed by atoms with van der Waals surface area (Å²) in [5.41, 5.74) is 0. The van der Waals surface area contributed by atoms with Crippen LogP contribution in [0.1, 0.15) is 19.8 Å². The van der Waals surface area contributed by atoms with E-state index in [-0.39, 0.29) is 5.91 Å². The largest absolute Gasteiger partial charge is 0.481 e. The summed E-state index contributed by atoms with van der Waals surface area (Å²) in [6.07, 6.45) is 1.44. The molecule has 1 atom stereocenters. The van der Waals surface area contributed by atoms with Gasteiger partial charge in [0.25, 0.3) is 5.91 Å². The van der Waals surface area contributed by atoms with Gasteiger partial charge in [0, 0.05) is 16.6 Å². The summed E-state index contributed by atoms with van der Waals surface area (Å²) in [7, 11) is 0. The van der Waals surface area contributed by atoms with Crippen molar-refractivity contribution >= 4 is 21.8 Å². The number of carbonyl (C=O) groups is 1. The highest BCUT2D eigenvalue weighted by Crippen LogP contribution is 2.22. The topological polar surface area (TPSA) is 38.3 Å². The Hall–Kier alpha value is -1.10. The van der Waals surface area contributed by atoms with Gasteiger partial charge >= 0.3 is 0 Å². The van der Waals surface area contributed by atoms with Crippen molar-refractivity contribution in [2.45, 2.75) is 31.9 Å². The summed E-state index contributed by atoms with van der Waals surface area (Å²) in [5, 5.41) is 2.83. The third-order valence-electron chi connectivity index (χ3n) is 2.44. The first-order valence-electron chi connectivity index (χ1n) is 5.48. The monoisotopic (exact) mass is 301 g/mol. The van der Waals surface area contributed by atoms with E-state index in [0.29, 0.717) is 16.3 Å². The van der Waals surface area contributed by atoms with Crippen LogP contribution in [0, 0.1) is 5.82 Å². The van der Waals surface area contributed by atoms with Crippen molar-refractivity contribution in [2.75, 3.05) is 0 Å². The Morgan fingerprint density at radius 1 is 1.53 bits per heavy atom. The summed E-state index contributed by atoms with van der Waals surface area (Å²) >= 11 is 3.17. The van der Waals surface area contributed by atoms with Crippen molar-refractivity contribution in [2.24, 2.45) is 0 Å². The van der Waals surface area contributed by atoms with E-state index in [0.717, 1.165) is 12.8 Å². The highest BCUT2D eigenvalue weighted by Gasteiger charge is 2.26. The number of hydrogen-bond acceptors (Lipinski definition) is 2. The first kappa shape index (κ1) is 12.4. The van der Waals surface area contributed by atoms with Crippen LogP contribution in [0.5, 0.6) is 5.75 Å². The number of benzene rings is 1. The van der Waals surface area contributed by atoms with Crippen LogP contribution in [0.25, 0.3) is 0 Å². The third kappa shape index (κ3) is 3.70. The maximum absolute atomic E-state index is 13.1. The number of rotatable bonds is 4. The highest BCUT2D eigenvalue weighted by atomic mass is 79.9. The fourth-order valence-electron chi connectivity index (χ4n) is 1.40. The molecule has 0 heterocycles. The maximum Gasteiger partial charge on any atom is 0.260 e. The molecule has 1 aromatic carbocycles. The molecule has 17 heavy (non-hydrogen) atoms. The SMILES string of the molecule is CC(Oc1cc(F)cc(Br)c1)C(=O)NC1CC1. The molecule has 1 unspecified atom stereocenters. The smallest absolute Gasteiger partial charge is 0.260 e. The van der Waals surface area contributed by atoms with E-state index >= 15 is 0 Å². The Morgan fingerprint density at radius 2 is 2.24 bits per heavy atom. The fraction of sp³-hybridized carbons (Fsp3) is 0.417. The van der Waals surface area contributed by atoms with Gasteiger partial charge in [0.05, 0.1) is 0 Å². The van der Waals surface area contributed by atoms with Gasteiger partial charge < -0.3 is 10.1 Å². The zero-order valence-corrected chi connectivity index (χ0v) is 11.0. The van der Waals surface area contributed by atoms with E-state index in [1.807, 2.05) is 0 Å². The van der Waals surface area contributed by atoms with E-state index in [4.69, 9.17) is 4.74 Å². The van der Waals surface area contributed by atoms with E-state index in [1.165, 1.54) is 12.1 Å². The van der Waals surface area contributed by atoms with Crippen molar-refractivity contribution in [1.82, 2.24) is 5.32 Å². The van der Waals surface area contributed by atoms with Crippen molar-refractivity contribution in [1.29, 1.82) is 0 Å². The zero-order chi connectivity index (χ0) is 12.4. The first-order valence-corrected chi connectivity index (χ1v) is 6.27. The normalized spacial score (nSPS) is 16.4. The zero-order valence-electron chi connectivity index (χ0n) is 9.37. The molecule has 0 saturated heterocycles. The third-order valence-corrected chi connectivity index (χ3v) is 2.90. The summed E-state index contributed by atoms with van der Waals surface area (Å²) in [6.45, 7) is 1.65. The Kier molecular flexibility index (Phi) is 3.66. The van der Waals surface area contributed by atoms with Crippen molar-refractivity contribution in [3.05, 3.63) is 28.5 Å². The lowest BCUT2D eigenvalue weighted by Gasteiger charge is -2.14. The van der Waals surface area contributed by atoms with Gasteiger partial charge in [-0.1, -0.05) is 15.9 Å². The molecule has 3 nitrogen and oxygen atoms in total. The maximum atomic E-state index is 13.1. The fourth-order valence-corrected chi connectivity index (χ4v) is 1.84. The number of halogens is 2. The average molecular weight is 302 g/mol. The number of amides is 1. The van der Waals surface area contributed by atoms with Crippen molar-refractivity contribution < 1.29 is 13.9 Å². The molecule has 0 radical (unpaired) electrons. The van der Waals surface area contributed by atoms with E-state index in [9.17, 15) is 9.18 Å². The Balaban J connectivity index is 1.96. The predicted molar refractivity (Wildman–Crippen MR) is 65.4 cm³/mol. The van der Waals surface area contributed by atoms with Gasteiger partial charge in [-0.15, -0.1) is 0 Å². The molecule has 1 aliphatic carbocycles. The van der Waals surface area contributed by atoms with Gasteiger partial charge in [-0.05, 0) is 31.9 Å². The minimum absolute atomic E-state index is 0.159. The minimum atomic E-state index is -0.621. The number of carbonyl (C=O) groups excluding carboxylic acids is 1. The van der Waals surface area contributed by atoms with Crippen molar-refractivity contribution in [3.8, 4) is 5.75 Å². The molecule has 92 valence electrons. The predicted octanol–water partition coefficient (Wildman–Crippen LogP) is 2.63. The van der Waals surface area contributed by atoms with Gasteiger partial charge in [-0.3, -0.25) is 4.79 Å². The van der Waals surface area contributed by atoms with Crippen LogP contribution in [0.4, 0.5) is 4.39 Å². The van der Waals surface area contributed by atoms with Crippen LogP contribution >= 0.6 is 15.9 Å². The van der Waals surface area contributed by atoms with Gasteiger partial charge in [0.1, 0.15) is 11.6 Å². The van der Waals surface area contributed by atoms with Crippen LogP contribution in [0.15, 0.2) is 22.7 Å². The van der Waals surface area contributed by atoms with Gasteiger partial charge in [-0.25, -0.2) is 4.39 Å². The molecule has 5 heteroatoms. The standard InChI is InChI=1S/C12H13BrFNO2/c1-7(12(16)15-10-2-3-10)17-11-5-8(13)4-9(14)6-11/h4-7,10H,2-3H2,1H3,(H,15,16). The molecule has 1 N–H and O–H groups in total. The molecule has 2 rings (SSSR count). The Labute approximate surface area is 107 Å². The van der Waals surface area contributed by atoms with Gasteiger partial charge in [-0.2, -0.15) is 0 Å². The first-order chi connectivity index (χ1) is 8.04. The molecule has 0 spiro atoms. The number of nitrogens with one attached hydrogen (secondary N) is 1. The molecule has 0 aliphatic heterocycles. The minimum Gasteiger partial charge on any atom is -0.481 e. The molecule has 0 aromatic heterocycles. The second-order valence-electron chi connectivity index (χ2n) is 4.15. The average Bonchev–Trinajstić information content (AvgIpc) is 2.99. The number of ether oxygens (including phenoxy) is 1. The van der Waals surface area contributed by atoms with Gasteiger partial charge in [0.2, 0.25) is 0 Å². The van der Waals surface area contributed by atoms with E-state index in [1.54, 1.807) is 13.0 Å². The van der Waals surface area contributed by atoms with Crippen LogP contribution < -0.4 is 10.1 Å². The lowest BCUT2D eigenvalue weighted by molar-refractivity contribution is -0.127. The Morgan fingerprint density at radius 3 is 2.82 bits per heavy atom. The van der Waals surface area contributed by atoms with E-state index in [2.05, 4.69) is 21.2 Å². The summed E-state index contributed by atoms with van der Waals surface area (Å²) < 4.78 is 19.1. The van der Waals surface area contributed by atoms with Crippen LogP contribution in [0.3, 0.4) is 0 Å². The van der Waals surface area contributed by atoms with E-state index < -0.39 is 11.9 Å². The molecule has 0 bridgehead atoms. The summed E-state index contributed by atoms with van der Waals surface area (Å²) in [5.74, 6) is -0.215. The molecule has 1 aromatic rings. The number of hydrogen-bond donors (Lipinski definition) is 1. The second kappa shape index (κ2) is 5.04. The highest BCUT2D eigenvalue weighted by molar-refractivity contribution is 9.10. The molecule has 1 aliphatic rings. The molecule has 1 fully saturated rings. The Bertz CT molecular complexity index is 414. The summed E-state index contributed by atoms with van der Waals surface area (Å²) in [4.78, 5) is 11.6. The van der Waals surface area contributed by atoms with Crippen molar-refractivity contribution in [3.63, 3.8) is 0 Å². The van der Waals surface area contributed by atoms with Crippen LogP contribution in [0.2, 0.25) is 0 Å². The summed E-state index contributed by atoms with van der Waals surface area (Å²) in [6, 6.07) is 4.52. The van der Waals surface area contributed by atoms with Crippen LogP contribution in [-0.2, 0) is 4.79 Å². The molecular formula is C12H13BrFNO2. The lowest BCUT2D eigenvalue weighted by Crippen LogP contribution is -2.37. The lowest BCUT2D eigenvalue weighted by atomic mass is 10.3. The van der Waals surface area contributed by atoms with Gasteiger partial charge in [0.15, 0.2) is 6.10 Å². The molecular weight excluding hydrogens is 289 g/mol.